The van der Waals surface area contributed by atoms with Crippen molar-refractivity contribution in [1.82, 2.24) is 0 Å². The van der Waals surface area contributed by atoms with Gasteiger partial charge in [0.25, 0.3) is 0 Å². The summed E-state index contributed by atoms with van der Waals surface area (Å²) in [7, 11) is 0. The Bertz CT molecular complexity index is 271. The molecule has 0 radical (unpaired) electrons. The Hall–Kier alpha value is 0.0500. The molecule has 1 aromatic carbocycles. The van der Waals surface area contributed by atoms with E-state index >= 15 is 0 Å². The van der Waals surface area contributed by atoms with Crippen LogP contribution in [0.2, 0.25) is 0 Å². The van der Waals surface area contributed by atoms with E-state index in [4.69, 9.17) is 0 Å². The normalized spacial score (nSPS) is 13.0. The number of rotatable bonds is 7. The minimum Gasteiger partial charge on any atom is -0.161 e. The van der Waals surface area contributed by atoms with Gasteiger partial charge in [-0.05, 0) is 23.7 Å². The smallest absolute Gasteiger partial charge is 0.0108 e. The molecular formula is C14H21BrS. The molecule has 0 bridgehead atoms. The zero-order chi connectivity index (χ0) is 11.8. The fraction of sp³-hybridized carbons (Fsp3) is 0.571. The van der Waals surface area contributed by atoms with Crippen molar-refractivity contribution in [2.75, 3.05) is 16.8 Å². The molecule has 0 aromatic heterocycles. The third-order valence-electron chi connectivity index (χ3n) is 2.62. The van der Waals surface area contributed by atoms with E-state index in [9.17, 15) is 0 Å². The summed E-state index contributed by atoms with van der Waals surface area (Å²) in [4.78, 5) is 0. The molecular weight excluding hydrogens is 280 g/mol. The highest BCUT2D eigenvalue weighted by molar-refractivity contribution is 9.09. The van der Waals surface area contributed by atoms with E-state index in [2.05, 4.69) is 71.9 Å². The van der Waals surface area contributed by atoms with Gasteiger partial charge in [0, 0.05) is 17.0 Å². The first-order valence-corrected chi connectivity index (χ1v) is 8.20. The summed E-state index contributed by atoms with van der Waals surface area (Å²) in [5, 5.41) is 1.06. The molecule has 0 saturated heterocycles. The van der Waals surface area contributed by atoms with Crippen LogP contribution in [0.5, 0.6) is 0 Å². The highest BCUT2D eigenvalue weighted by atomic mass is 79.9. The Morgan fingerprint density at radius 1 is 1.19 bits per heavy atom. The summed E-state index contributed by atoms with van der Waals surface area (Å²) < 4.78 is 0. The SMILES string of the molecule is CC(C)CCSCC(CBr)c1ccccc1. The second kappa shape index (κ2) is 8.19. The largest absolute Gasteiger partial charge is 0.161 e. The molecule has 0 spiro atoms. The van der Waals surface area contributed by atoms with Gasteiger partial charge in [-0.2, -0.15) is 11.8 Å². The standard InChI is InChI=1S/C14H21BrS/c1-12(2)8-9-16-11-14(10-15)13-6-4-3-5-7-13/h3-7,12,14H,8-11H2,1-2H3. The molecule has 0 heterocycles. The summed E-state index contributed by atoms with van der Waals surface area (Å²) in [6, 6.07) is 10.8. The quantitative estimate of drug-likeness (QED) is 0.507. The Morgan fingerprint density at radius 3 is 2.44 bits per heavy atom. The van der Waals surface area contributed by atoms with Crippen molar-refractivity contribution in [3.63, 3.8) is 0 Å². The molecule has 0 aliphatic rings. The molecule has 0 aliphatic heterocycles. The third kappa shape index (κ3) is 5.40. The lowest BCUT2D eigenvalue weighted by Gasteiger charge is -2.14. The lowest BCUT2D eigenvalue weighted by atomic mass is 10.0. The predicted octanol–water partition coefficient (Wildman–Crippen LogP) is 4.94. The van der Waals surface area contributed by atoms with Gasteiger partial charge in [0.15, 0.2) is 0 Å². The molecule has 1 unspecified atom stereocenters. The number of hydrogen-bond acceptors (Lipinski definition) is 1. The molecule has 16 heavy (non-hydrogen) atoms. The minimum absolute atomic E-state index is 0.651. The maximum atomic E-state index is 3.62. The number of benzene rings is 1. The summed E-state index contributed by atoms with van der Waals surface area (Å²) >= 11 is 5.70. The van der Waals surface area contributed by atoms with E-state index < -0.39 is 0 Å². The monoisotopic (exact) mass is 300 g/mol. The van der Waals surface area contributed by atoms with Crippen molar-refractivity contribution < 1.29 is 0 Å². The van der Waals surface area contributed by atoms with Crippen LogP contribution < -0.4 is 0 Å². The van der Waals surface area contributed by atoms with E-state index in [0.29, 0.717) is 5.92 Å². The summed E-state index contributed by atoms with van der Waals surface area (Å²) in [5.74, 6) is 3.99. The molecule has 0 aliphatic carbocycles. The maximum Gasteiger partial charge on any atom is 0.0108 e. The lowest BCUT2D eigenvalue weighted by Crippen LogP contribution is -2.04. The number of hydrogen-bond donors (Lipinski definition) is 0. The zero-order valence-electron chi connectivity index (χ0n) is 10.2. The van der Waals surface area contributed by atoms with Crippen molar-refractivity contribution >= 4 is 27.7 Å². The zero-order valence-corrected chi connectivity index (χ0v) is 12.6. The van der Waals surface area contributed by atoms with Gasteiger partial charge in [0.05, 0.1) is 0 Å². The van der Waals surface area contributed by atoms with Gasteiger partial charge in [0.2, 0.25) is 0 Å². The maximum absolute atomic E-state index is 3.62. The van der Waals surface area contributed by atoms with Crippen LogP contribution in [0.4, 0.5) is 0 Å². The van der Waals surface area contributed by atoms with E-state index in [1.54, 1.807) is 0 Å². The molecule has 1 rings (SSSR count). The van der Waals surface area contributed by atoms with Gasteiger partial charge < -0.3 is 0 Å². The molecule has 90 valence electrons. The van der Waals surface area contributed by atoms with Crippen LogP contribution in [0, 0.1) is 5.92 Å². The topological polar surface area (TPSA) is 0 Å². The average molecular weight is 301 g/mol. The van der Waals surface area contributed by atoms with E-state index in [1.807, 2.05) is 0 Å². The van der Waals surface area contributed by atoms with Gasteiger partial charge in [-0.3, -0.25) is 0 Å². The third-order valence-corrected chi connectivity index (χ3v) is 4.56. The first-order chi connectivity index (χ1) is 7.74. The Labute approximate surface area is 112 Å². The van der Waals surface area contributed by atoms with Crippen molar-refractivity contribution in [2.24, 2.45) is 5.92 Å². The molecule has 0 fully saturated rings. The average Bonchev–Trinajstić information content (AvgIpc) is 2.30. The molecule has 0 nitrogen and oxygen atoms in total. The molecule has 0 amide bonds. The van der Waals surface area contributed by atoms with Crippen LogP contribution in [0.1, 0.15) is 31.7 Å². The van der Waals surface area contributed by atoms with E-state index in [1.165, 1.54) is 23.5 Å². The second-order valence-corrected chi connectivity index (χ2v) is 6.32. The molecule has 2 heteroatoms. The summed E-state index contributed by atoms with van der Waals surface area (Å²) in [5.41, 5.74) is 1.46. The van der Waals surface area contributed by atoms with Gasteiger partial charge >= 0.3 is 0 Å². The Morgan fingerprint density at radius 2 is 1.88 bits per heavy atom. The Balaban J connectivity index is 2.33. The van der Waals surface area contributed by atoms with Crippen molar-refractivity contribution in [3.8, 4) is 0 Å². The second-order valence-electron chi connectivity index (χ2n) is 4.52. The number of thioether (sulfide) groups is 1. The van der Waals surface area contributed by atoms with Gasteiger partial charge in [0.1, 0.15) is 0 Å². The lowest BCUT2D eigenvalue weighted by molar-refractivity contribution is 0.632. The van der Waals surface area contributed by atoms with Gasteiger partial charge in [-0.15, -0.1) is 0 Å². The molecule has 0 N–H and O–H groups in total. The molecule has 1 aromatic rings. The van der Waals surface area contributed by atoms with Crippen molar-refractivity contribution in [1.29, 1.82) is 0 Å². The van der Waals surface area contributed by atoms with Crippen molar-refractivity contribution in [2.45, 2.75) is 26.2 Å². The van der Waals surface area contributed by atoms with Crippen LogP contribution in [0.15, 0.2) is 30.3 Å². The number of alkyl halides is 1. The minimum atomic E-state index is 0.651. The van der Waals surface area contributed by atoms with Crippen LogP contribution in [0.3, 0.4) is 0 Å². The van der Waals surface area contributed by atoms with Gasteiger partial charge in [-0.1, -0.05) is 60.1 Å². The fourth-order valence-electron chi connectivity index (χ4n) is 1.50. The first-order valence-electron chi connectivity index (χ1n) is 5.92. The van der Waals surface area contributed by atoms with Crippen LogP contribution in [-0.4, -0.2) is 16.8 Å². The first kappa shape index (κ1) is 14.1. The molecule has 1 atom stereocenters. The van der Waals surface area contributed by atoms with Crippen LogP contribution in [0.25, 0.3) is 0 Å². The summed E-state index contributed by atoms with van der Waals surface area (Å²) in [6.07, 6.45) is 1.33. The Kier molecular flexibility index (Phi) is 7.22. The van der Waals surface area contributed by atoms with Gasteiger partial charge in [-0.25, -0.2) is 0 Å². The highest BCUT2D eigenvalue weighted by Crippen LogP contribution is 2.23. The number of halogens is 1. The predicted molar refractivity (Wildman–Crippen MR) is 79.8 cm³/mol. The fourth-order valence-corrected chi connectivity index (χ4v) is 3.81. The molecule has 0 saturated carbocycles. The summed E-state index contributed by atoms with van der Waals surface area (Å²) in [6.45, 7) is 4.58. The highest BCUT2D eigenvalue weighted by Gasteiger charge is 2.09. The van der Waals surface area contributed by atoms with E-state index in [0.717, 1.165) is 11.2 Å². The van der Waals surface area contributed by atoms with Crippen LogP contribution >= 0.6 is 27.7 Å². The van der Waals surface area contributed by atoms with Crippen LogP contribution in [-0.2, 0) is 0 Å². The van der Waals surface area contributed by atoms with E-state index in [-0.39, 0.29) is 0 Å². The van der Waals surface area contributed by atoms with Crippen molar-refractivity contribution in [3.05, 3.63) is 35.9 Å².